The highest BCUT2D eigenvalue weighted by molar-refractivity contribution is 5.94. The van der Waals surface area contributed by atoms with Crippen LogP contribution in [-0.4, -0.2) is 49.6 Å². The molecule has 0 bridgehead atoms. The molecule has 0 fully saturated rings. The van der Waals surface area contributed by atoms with E-state index < -0.39 is 0 Å². The zero-order valence-electron chi connectivity index (χ0n) is 12.9. The lowest BCUT2D eigenvalue weighted by Crippen LogP contribution is -2.30. The molecule has 0 aliphatic carbocycles. The van der Waals surface area contributed by atoms with Gasteiger partial charge in [-0.25, -0.2) is 4.98 Å². The summed E-state index contributed by atoms with van der Waals surface area (Å²) >= 11 is 0. The maximum absolute atomic E-state index is 12.4. The quantitative estimate of drug-likeness (QED) is 0.792. The van der Waals surface area contributed by atoms with Gasteiger partial charge in [-0.15, -0.1) is 0 Å². The number of aryl methyl sites for hydroxylation is 1. The number of methoxy groups -OCH3 is 1. The zero-order valence-corrected chi connectivity index (χ0v) is 12.9. The van der Waals surface area contributed by atoms with E-state index in [0.29, 0.717) is 18.7 Å². The third-order valence-electron chi connectivity index (χ3n) is 3.02. The van der Waals surface area contributed by atoms with Crippen LogP contribution in [0, 0.1) is 0 Å². The number of carbonyl (C=O) groups is 1. The van der Waals surface area contributed by atoms with Crippen LogP contribution in [0.15, 0.2) is 12.1 Å². The first kappa shape index (κ1) is 16.4. The summed E-state index contributed by atoms with van der Waals surface area (Å²) in [5, 5.41) is 3.24. The molecule has 1 aromatic heterocycles. The van der Waals surface area contributed by atoms with E-state index in [-0.39, 0.29) is 5.91 Å². The van der Waals surface area contributed by atoms with Gasteiger partial charge >= 0.3 is 0 Å². The lowest BCUT2D eigenvalue weighted by atomic mass is 10.1. The Labute approximate surface area is 121 Å². The Morgan fingerprint density at radius 1 is 1.40 bits per heavy atom. The number of likely N-dealkylation sites (N-methyl/N-ethyl adjacent to an activating group) is 1. The molecule has 1 N–H and O–H groups in total. The summed E-state index contributed by atoms with van der Waals surface area (Å²) in [6.45, 7) is 6.11. The first-order valence-corrected chi connectivity index (χ1v) is 7.11. The van der Waals surface area contributed by atoms with Gasteiger partial charge in [-0.2, -0.15) is 0 Å². The number of pyridine rings is 1. The van der Waals surface area contributed by atoms with E-state index in [1.165, 1.54) is 0 Å². The molecule has 0 aliphatic rings. The second-order valence-electron chi connectivity index (χ2n) is 4.73. The van der Waals surface area contributed by atoms with Crippen LogP contribution in [0.25, 0.3) is 0 Å². The number of ether oxygens (including phenoxy) is 1. The molecule has 1 amide bonds. The molecule has 0 aliphatic heterocycles. The number of rotatable bonds is 8. The van der Waals surface area contributed by atoms with Gasteiger partial charge in [-0.3, -0.25) is 4.79 Å². The summed E-state index contributed by atoms with van der Waals surface area (Å²) in [6.07, 6.45) is 1.83. The summed E-state index contributed by atoms with van der Waals surface area (Å²) < 4.78 is 5.00. The molecule has 0 unspecified atom stereocenters. The molecule has 0 radical (unpaired) electrons. The minimum atomic E-state index is -0.00121. The van der Waals surface area contributed by atoms with Gasteiger partial charge in [0.05, 0.1) is 6.61 Å². The Bertz CT molecular complexity index is 435. The van der Waals surface area contributed by atoms with Gasteiger partial charge in [0.25, 0.3) is 5.91 Å². The summed E-state index contributed by atoms with van der Waals surface area (Å²) in [4.78, 5) is 18.5. The number of carbonyl (C=O) groups excluding carboxylic acids is 1. The van der Waals surface area contributed by atoms with E-state index in [0.717, 1.165) is 30.9 Å². The normalized spacial score (nSPS) is 10.4. The summed E-state index contributed by atoms with van der Waals surface area (Å²) in [7, 11) is 3.42. The molecule has 1 heterocycles. The average Bonchev–Trinajstić information content (AvgIpc) is 2.49. The number of amides is 1. The Balaban J connectivity index is 2.89. The molecule has 20 heavy (non-hydrogen) atoms. The van der Waals surface area contributed by atoms with E-state index in [2.05, 4.69) is 17.2 Å². The van der Waals surface area contributed by atoms with E-state index in [4.69, 9.17) is 4.74 Å². The predicted molar refractivity (Wildman–Crippen MR) is 81.2 cm³/mol. The van der Waals surface area contributed by atoms with Crippen LogP contribution in [0.2, 0.25) is 0 Å². The molecule has 0 saturated carbocycles. The Morgan fingerprint density at radius 3 is 2.75 bits per heavy atom. The SMILES string of the molecule is CCCNc1cc(C(=O)N(C)CCOC)cc(CC)n1. The average molecular weight is 279 g/mol. The molecular weight excluding hydrogens is 254 g/mol. The monoisotopic (exact) mass is 279 g/mol. The Kier molecular flexibility index (Phi) is 7.01. The van der Waals surface area contributed by atoms with Crippen molar-refractivity contribution in [3.05, 3.63) is 23.4 Å². The summed E-state index contributed by atoms with van der Waals surface area (Å²) in [5.41, 5.74) is 1.60. The zero-order chi connectivity index (χ0) is 15.0. The fourth-order valence-corrected chi connectivity index (χ4v) is 1.79. The molecule has 0 spiro atoms. The first-order chi connectivity index (χ1) is 9.62. The fourth-order valence-electron chi connectivity index (χ4n) is 1.79. The fraction of sp³-hybridized carbons (Fsp3) is 0.600. The second-order valence-corrected chi connectivity index (χ2v) is 4.73. The lowest BCUT2D eigenvalue weighted by Gasteiger charge is -2.17. The molecule has 0 aromatic carbocycles. The number of nitrogens with zero attached hydrogens (tertiary/aromatic N) is 2. The van der Waals surface area contributed by atoms with Crippen molar-refractivity contribution >= 4 is 11.7 Å². The third-order valence-corrected chi connectivity index (χ3v) is 3.02. The van der Waals surface area contributed by atoms with Crippen LogP contribution >= 0.6 is 0 Å². The topological polar surface area (TPSA) is 54.5 Å². The van der Waals surface area contributed by atoms with Crippen molar-refractivity contribution in [3.8, 4) is 0 Å². The van der Waals surface area contributed by atoms with Gasteiger partial charge in [0, 0.05) is 38.5 Å². The minimum absolute atomic E-state index is 0.00121. The highest BCUT2D eigenvalue weighted by atomic mass is 16.5. The Hall–Kier alpha value is -1.62. The smallest absolute Gasteiger partial charge is 0.253 e. The van der Waals surface area contributed by atoms with Crippen LogP contribution in [0.4, 0.5) is 5.82 Å². The highest BCUT2D eigenvalue weighted by Crippen LogP contribution is 2.13. The van der Waals surface area contributed by atoms with Crippen LogP contribution in [-0.2, 0) is 11.2 Å². The third kappa shape index (κ3) is 4.81. The second kappa shape index (κ2) is 8.53. The molecule has 5 heteroatoms. The maximum atomic E-state index is 12.4. The summed E-state index contributed by atoms with van der Waals surface area (Å²) in [5.74, 6) is 0.772. The van der Waals surface area contributed by atoms with E-state index in [9.17, 15) is 4.79 Å². The van der Waals surface area contributed by atoms with E-state index in [1.54, 1.807) is 19.1 Å². The minimum Gasteiger partial charge on any atom is -0.383 e. The highest BCUT2D eigenvalue weighted by Gasteiger charge is 2.13. The van der Waals surface area contributed by atoms with Crippen molar-refractivity contribution < 1.29 is 9.53 Å². The van der Waals surface area contributed by atoms with Crippen LogP contribution in [0.3, 0.4) is 0 Å². The number of aromatic nitrogens is 1. The number of nitrogens with one attached hydrogen (secondary N) is 1. The van der Waals surface area contributed by atoms with Crippen molar-refractivity contribution in [3.63, 3.8) is 0 Å². The van der Waals surface area contributed by atoms with Crippen molar-refractivity contribution in [2.45, 2.75) is 26.7 Å². The van der Waals surface area contributed by atoms with E-state index in [1.807, 2.05) is 19.1 Å². The molecule has 0 saturated heterocycles. The lowest BCUT2D eigenvalue weighted by molar-refractivity contribution is 0.0744. The van der Waals surface area contributed by atoms with Crippen LogP contribution in [0.5, 0.6) is 0 Å². The van der Waals surface area contributed by atoms with Gasteiger partial charge in [-0.05, 0) is 25.0 Å². The number of hydrogen-bond acceptors (Lipinski definition) is 4. The summed E-state index contributed by atoms with van der Waals surface area (Å²) in [6, 6.07) is 3.68. The number of anilines is 1. The Morgan fingerprint density at radius 2 is 2.15 bits per heavy atom. The van der Waals surface area contributed by atoms with Gasteiger partial charge in [0.1, 0.15) is 5.82 Å². The van der Waals surface area contributed by atoms with Crippen molar-refractivity contribution in [1.82, 2.24) is 9.88 Å². The van der Waals surface area contributed by atoms with Crippen molar-refractivity contribution in [2.75, 3.05) is 39.2 Å². The van der Waals surface area contributed by atoms with Gasteiger partial charge < -0.3 is 15.0 Å². The van der Waals surface area contributed by atoms with Crippen molar-refractivity contribution in [2.24, 2.45) is 0 Å². The molecule has 112 valence electrons. The van der Waals surface area contributed by atoms with Gasteiger partial charge in [0.2, 0.25) is 0 Å². The first-order valence-electron chi connectivity index (χ1n) is 7.11. The predicted octanol–water partition coefficient (Wildman–Crippen LogP) is 2.18. The molecule has 0 atom stereocenters. The van der Waals surface area contributed by atoms with Gasteiger partial charge in [0.15, 0.2) is 0 Å². The number of hydrogen-bond donors (Lipinski definition) is 1. The van der Waals surface area contributed by atoms with Crippen LogP contribution < -0.4 is 5.32 Å². The van der Waals surface area contributed by atoms with Crippen molar-refractivity contribution in [1.29, 1.82) is 0 Å². The standard InChI is InChI=1S/C15H25N3O2/c1-5-7-16-14-11-12(10-13(6-2)17-14)15(19)18(3)8-9-20-4/h10-11H,5-9H2,1-4H3,(H,16,17). The van der Waals surface area contributed by atoms with Gasteiger partial charge in [-0.1, -0.05) is 13.8 Å². The maximum Gasteiger partial charge on any atom is 0.253 e. The largest absolute Gasteiger partial charge is 0.383 e. The molecular formula is C15H25N3O2. The molecule has 1 aromatic rings. The molecule has 5 nitrogen and oxygen atoms in total. The van der Waals surface area contributed by atoms with E-state index >= 15 is 0 Å². The molecule has 1 rings (SSSR count). The van der Waals surface area contributed by atoms with Crippen LogP contribution in [0.1, 0.15) is 36.3 Å².